The summed E-state index contributed by atoms with van der Waals surface area (Å²) in [4.78, 5) is 28.3. The maximum atomic E-state index is 14.1. The molecule has 9 heteroatoms. The molecule has 0 radical (unpaired) electrons. The van der Waals surface area contributed by atoms with Crippen LogP contribution in [0.3, 0.4) is 0 Å². The van der Waals surface area contributed by atoms with Crippen LogP contribution in [0.5, 0.6) is 11.5 Å². The van der Waals surface area contributed by atoms with Crippen LogP contribution in [0.2, 0.25) is 0 Å². The number of carbonyl (C=O) groups excluding carboxylic acids is 2. The summed E-state index contributed by atoms with van der Waals surface area (Å²) < 4.78 is 30.4. The van der Waals surface area contributed by atoms with Crippen molar-refractivity contribution in [3.8, 4) is 11.5 Å². The van der Waals surface area contributed by atoms with E-state index in [1.54, 1.807) is 0 Å². The number of ether oxygens (including phenoxy) is 2. The predicted octanol–water partition coefficient (Wildman–Crippen LogP) is 17.7. The molecule has 0 aliphatic heterocycles. The van der Waals surface area contributed by atoms with E-state index in [0.717, 1.165) is 59.4 Å². The van der Waals surface area contributed by atoms with Gasteiger partial charge in [0, 0.05) is 46.8 Å². The number of Topliss-reactive ketones (excluding diaryl/α,β-unsaturated/α-hetero) is 2. The van der Waals surface area contributed by atoms with Crippen molar-refractivity contribution < 1.29 is 51.4 Å². The van der Waals surface area contributed by atoms with Gasteiger partial charge in [-0.3, -0.25) is 9.59 Å². The van der Waals surface area contributed by atoms with Gasteiger partial charge in [-0.15, -0.1) is 0 Å². The van der Waals surface area contributed by atoms with E-state index in [0.29, 0.717) is 35.9 Å². The van der Waals surface area contributed by atoms with Gasteiger partial charge in [-0.25, -0.2) is 0 Å². The van der Waals surface area contributed by atoms with E-state index < -0.39 is 27.8 Å². The summed E-state index contributed by atoms with van der Waals surface area (Å²) in [5.74, 6) is 1.38. The van der Waals surface area contributed by atoms with Gasteiger partial charge in [0.15, 0.2) is 23.1 Å². The van der Waals surface area contributed by atoms with E-state index in [1.807, 2.05) is 36.7 Å². The molecule has 2 aliphatic carbocycles. The molecule has 1 aromatic rings. The summed E-state index contributed by atoms with van der Waals surface area (Å²) in [5.41, 5.74) is 5.52. The van der Waals surface area contributed by atoms with Crippen LogP contribution in [0.15, 0.2) is 82.3 Å². The van der Waals surface area contributed by atoms with Crippen LogP contribution < -0.4 is 20.1 Å². The van der Waals surface area contributed by atoms with Crippen LogP contribution >= 0.6 is 0 Å². The van der Waals surface area contributed by atoms with Gasteiger partial charge in [-0.2, -0.15) is 0 Å². The van der Waals surface area contributed by atoms with E-state index in [2.05, 4.69) is 120 Å². The molecule has 1 aromatic carbocycles. The number of ketones is 2. The Morgan fingerprint density at radius 2 is 0.710 bits per heavy atom. The topological polar surface area (TPSA) is 111 Å². The standard InChI is InChI=1S/C60H96N2O4.2O.U/c1-15-17-19-21-23-25-27-29-31-33-35-65-53-41-51(61-43-45-37-47(57(3,4)5)39-49(55(45)63)59(9,10)11)52(42-54(53)66-36-34-32-30-28-26-24-22-20-18-16-2)62-44-46-38-48(58(6,7)8)40-50(56(46)64)60(12,13)14;;;/h37-44,61-62H,15-36H2,1-14H3;;;/b45-43-,46-44-;;;. The van der Waals surface area contributed by atoms with E-state index in [9.17, 15) is 9.59 Å². The molecule has 69 heavy (non-hydrogen) atoms. The number of unbranched alkanes of at least 4 members (excludes halogenated alkanes) is 18. The third kappa shape index (κ3) is 23.3. The van der Waals surface area contributed by atoms with Crippen molar-refractivity contribution in [3.05, 3.63) is 82.3 Å². The number of carbonyl (C=O) groups is 2. The Bertz CT molecular complexity index is 1860. The minimum atomic E-state index is -2.51. The van der Waals surface area contributed by atoms with Crippen LogP contribution in [0.25, 0.3) is 0 Å². The molecule has 0 unspecified atom stereocenters. The molecule has 0 spiro atoms. The van der Waals surface area contributed by atoms with Crippen molar-refractivity contribution in [1.82, 2.24) is 0 Å². The molecule has 0 aromatic heterocycles. The van der Waals surface area contributed by atoms with Crippen molar-refractivity contribution >= 4 is 22.9 Å². The first-order chi connectivity index (χ1) is 32.5. The van der Waals surface area contributed by atoms with Crippen LogP contribution in [0, 0.1) is 49.5 Å². The Hall–Kier alpha value is -3.15. The van der Waals surface area contributed by atoms with E-state index in [-0.39, 0.29) is 33.2 Å². The quantitative estimate of drug-likeness (QED) is 0.0631. The molecular weight excluding hydrogens is 1080 g/mol. The molecule has 3 rings (SSSR count). The van der Waals surface area contributed by atoms with Gasteiger partial charge in [0.25, 0.3) is 0 Å². The van der Waals surface area contributed by atoms with Gasteiger partial charge in [0.2, 0.25) is 0 Å². The van der Waals surface area contributed by atoms with Gasteiger partial charge >= 0.3 is 32.3 Å². The number of hydrogen-bond acceptors (Lipinski definition) is 8. The number of rotatable bonds is 28. The number of anilines is 2. The molecule has 386 valence electrons. The fourth-order valence-electron chi connectivity index (χ4n) is 8.38. The zero-order valence-electron chi connectivity index (χ0n) is 46.1. The second kappa shape index (κ2) is 31.3. The van der Waals surface area contributed by atoms with E-state index in [4.69, 9.17) is 13.9 Å². The first kappa shape index (κ1) is 62.0. The molecule has 0 heterocycles. The van der Waals surface area contributed by atoms with Gasteiger partial charge in [0.1, 0.15) is 0 Å². The number of benzene rings is 1. The molecule has 2 N–H and O–H groups in total. The molecular formula is C60H96N2O6U. The van der Waals surface area contributed by atoms with Crippen molar-refractivity contribution in [2.45, 2.75) is 225 Å². The fourth-order valence-corrected chi connectivity index (χ4v) is 8.38. The first-order valence-corrected chi connectivity index (χ1v) is 30.2. The average molecular weight is 1180 g/mol. The number of hydrogen-bond donors (Lipinski definition) is 2. The number of nitrogens with one attached hydrogen (secondary N) is 2. The minimum absolute atomic E-state index is 0.0163. The maximum absolute atomic E-state index is 14.1. The SMILES string of the molecule is CCCCCCCCCCCCOc1cc(N/C=C2/C=C(C(C)(C)C)C=C(C(C)(C)C)C2=O)c(N/C=C2/C=C(C(C)(C)C)C=C(C(C)(C)C)C2=O)cc1OCCCCCCCCCCCC.[O]=[U]=[O]. The van der Waals surface area contributed by atoms with Gasteiger partial charge in [-0.1, -0.05) is 225 Å². The van der Waals surface area contributed by atoms with Crippen LogP contribution in [0.1, 0.15) is 225 Å². The molecule has 0 fully saturated rings. The third-order valence-corrected chi connectivity index (χ3v) is 12.9. The van der Waals surface area contributed by atoms with Crippen molar-refractivity contribution in [2.75, 3.05) is 23.8 Å². The summed E-state index contributed by atoms with van der Waals surface area (Å²) in [7, 11) is 0. The van der Waals surface area contributed by atoms with Crippen LogP contribution in [-0.4, -0.2) is 24.8 Å². The molecule has 0 atom stereocenters. The van der Waals surface area contributed by atoms with Gasteiger partial charge in [-0.05, 0) is 57.8 Å². The van der Waals surface area contributed by atoms with E-state index >= 15 is 0 Å². The monoisotopic (exact) mass is 1180 g/mol. The summed E-state index contributed by atoms with van der Waals surface area (Å²) in [5, 5.41) is 7.10. The van der Waals surface area contributed by atoms with Gasteiger partial charge in [0.05, 0.1) is 24.6 Å². The summed E-state index contributed by atoms with van der Waals surface area (Å²) in [6.07, 6.45) is 37.0. The zero-order valence-corrected chi connectivity index (χ0v) is 50.3. The van der Waals surface area contributed by atoms with E-state index in [1.165, 1.54) is 103 Å². The summed E-state index contributed by atoms with van der Waals surface area (Å²) in [6, 6.07) is 4.01. The van der Waals surface area contributed by atoms with Gasteiger partial charge < -0.3 is 20.1 Å². The normalized spacial score (nSPS) is 15.7. The average Bonchev–Trinajstić information content (AvgIpc) is 3.25. The Labute approximate surface area is 436 Å². The zero-order chi connectivity index (χ0) is 51.7. The Morgan fingerprint density at radius 1 is 0.435 bits per heavy atom. The first-order valence-electron chi connectivity index (χ1n) is 26.8. The molecule has 0 saturated carbocycles. The molecule has 0 bridgehead atoms. The Morgan fingerprint density at radius 3 is 0.971 bits per heavy atom. The van der Waals surface area contributed by atoms with Crippen LogP contribution in [0.4, 0.5) is 11.4 Å². The fraction of sp³-hybridized carbons (Fsp3) is 0.667. The van der Waals surface area contributed by atoms with Crippen molar-refractivity contribution in [1.29, 1.82) is 0 Å². The second-order valence-corrected chi connectivity index (χ2v) is 24.1. The second-order valence-electron chi connectivity index (χ2n) is 23.5. The molecule has 2 aliphatic rings. The molecule has 0 saturated heterocycles. The molecule has 0 amide bonds. The summed E-state index contributed by atoms with van der Waals surface area (Å²) >= 11 is -2.51. The molecule has 8 nitrogen and oxygen atoms in total. The Balaban J connectivity index is 0.00000530. The number of allylic oxidation sites excluding steroid dienone is 10. The summed E-state index contributed by atoms with van der Waals surface area (Å²) in [6.45, 7) is 31.4. The van der Waals surface area contributed by atoms with Crippen molar-refractivity contribution in [3.63, 3.8) is 0 Å². The third-order valence-electron chi connectivity index (χ3n) is 12.9. The predicted molar refractivity (Wildman–Crippen MR) is 286 cm³/mol. The Kier molecular flexibility index (Phi) is 28.1. The van der Waals surface area contributed by atoms with Crippen molar-refractivity contribution in [2.24, 2.45) is 21.7 Å². The van der Waals surface area contributed by atoms with Crippen LogP contribution in [-0.2, 0) is 14.1 Å².